The van der Waals surface area contributed by atoms with E-state index in [9.17, 15) is 4.79 Å². The van der Waals surface area contributed by atoms with Crippen molar-refractivity contribution in [2.24, 2.45) is 0 Å². The monoisotopic (exact) mass is 328 g/mol. The topological polar surface area (TPSA) is 41.6 Å². The summed E-state index contributed by atoms with van der Waals surface area (Å²) in [6.07, 6.45) is 0. The van der Waals surface area contributed by atoms with Crippen molar-refractivity contribution in [3.8, 4) is 5.75 Å². The van der Waals surface area contributed by atoms with Crippen molar-refractivity contribution in [1.82, 2.24) is 10.2 Å². The van der Waals surface area contributed by atoms with Crippen molar-refractivity contribution in [3.05, 3.63) is 28.2 Å². The predicted molar refractivity (Wildman–Crippen MR) is 80.3 cm³/mol. The van der Waals surface area contributed by atoms with Crippen molar-refractivity contribution >= 4 is 21.8 Å². The van der Waals surface area contributed by atoms with Gasteiger partial charge in [-0.25, -0.2) is 0 Å². The lowest BCUT2D eigenvalue weighted by Gasteiger charge is -2.19. The highest BCUT2D eigenvalue weighted by Gasteiger charge is 2.10. The molecular weight excluding hydrogens is 308 g/mol. The van der Waals surface area contributed by atoms with Gasteiger partial charge in [0.25, 0.3) is 0 Å². The van der Waals surface area contributed by atoms with Gasteiger partial charge in [0.05, 0.1) is 18.1 Å². The number of ether oxygens (including phenoxy) is 1. The van der Waals surface area contributed by atoms with Crippen molar-refractivity contribution in [3.63, 3.8) is 0 Å². The number of nitrogens with zero attached hydrogens (tertiary/aromatic N) is 1. The fourth-order valence-corrected chi connectivity index (χ4v) is 2.18. The Morgan fingerprint density at radius 2 is 2.16 bits per heavy atom. The van der Waals surface area contributed by atoms with Crippen LogP contribution in [0, 0.1) is 0 Å². The first kappa shape index (κ1) is 16.0. The van der Waals surface area contributed by atoms with E-state index in [4.69, 9.17) is 4.74 Å². The van der Waals surface area contributed by atoms with Crippen LogP contribution in [0.15, 0.2) is 22.7 Å². The van der Waals surface area contributed by atoms with Gasteiger partial charge >= 0.3 is 0 Å². The summed E-state index contributed by atoms with van der Waals surface area (Å²) in [5.41, 5.74) is 1.06. The Kier molecular flexibility index (Phi) is 6.31. The van der Waals surface area contributed by atoms with E-state index in [1.165, 1.54) is 0 Å². The van der Waals surface area contributed by atoms with Gasteiger partial charge in [0.1, 0.15) is 5.75 Å². The number of rotatable bonds is 6. The Balaban J connectivity index is 2.58. The van der Waals surface area contributed by atoms with Gasteiger partial charge in [-0.05, 0) is 33.6 Å². The Labute approximate surface area is 123 Å². The molecule has 1 amide bonds. The third-order valence-electron chi connectivity index (χ3n) is 2.72. The molecule has 0 aromatic heterocycles. The molecule has 0 saturated carbocycles. The van der Waals surface area contributed by atoms with Gasteiger partial charge in [0.15, 0.2) is 0 Å². The molecule has 0 atom stereocenters. The van der Waals surface area contributed by atoms with Crippen LogP contribution in [0.4, 0.5) is 0 Å². The van der Waals surface area contributed by atoms with E-state index in [0.717, 1.165) is 15.8 Å². The minimum atomic E-state index is 0.0839. The lowest BCUT2D eigenvalue weighted by molar-refractivity contribution is -0.129. The zero-order valence-corrected chi connectivity index (χ0v) is 13.5. The van der Waals surface area contributed by atoms with Crippen LogP contribution >= 0.6 is 15.9 Å². The summed E-state index contributed by atoms with van der Waals surface area (Å²) in [7, 11) is 3.44. The van der Waals surface area contributed by atoms with Crippen LogP contribution in [0.2, 0.25) is 0 Å². The number of methoxy groups -OCH3 is 1. The minimum Gasteiger partial charge on any atom is -0.496 e. The van der Waals surface area contributed by atoms with E-state index in [0.29, 0.717) is 19.1 Å². The third-order valence-corrected chi connectivity index (χ3v) is 3.34. The average molecular weight is 329 g/mol. The average Bonchev–Trinajstić information content (AvgIpc) is 2.36. The maximum Gasteiger partial charge on any atom is 0.236 e. The summed E-state index contributed by atoms with van der Waals surface area (Å²) < 4.78 is 6.08. The SMILES string of the molecule is COc1ccc(CN(C)C(=O)CNC(C)C)cc1Br. The molecule has 0 unspecified atom stereocenters. The fourth-order valence-electron chi connectivity index (χ4n) is 1.60. The van der Waals surface area contributed by atoms with Crippen LogP contribution in [0.5, 0.6) is 5.75 Å². The van der Waals surface area contributed by atoms with Crippen molar-refractivity contribution in [2.45, 2.75) is 26.4 Å². The van der Waals surface area contributed by atoms with Crippen LogP contribution < -0.4 is 10.1 Å². The molecule has 0 saturated heterocycles. The number of likely N-dealkylation sites (N-methyl/N-ethyl adjacent to an activating group) is 1. The molecule has 0 aliphatic heterocycles. The van der Waals surface area contributed by atoms with Crippen molar-refractivity contribution < 1.29 is 9.53 Å². The Morgan fingerprint density at radius 1 is 1.47 bits per heavy atom. The predicted octanol–water partition coefficient (Wildman–Crippen LogP) is 2.41. The fraction of sp³-hybridized carbons (Fsp3) is 0.500. The molecule has 4 nitrogen and oxygen atoms in total. The van der Waals surface area contributed by atoms with Gasteiger partial charge in [0.2, 0.25) is 5.91 Å². The zero-order chi connectivity index (χ0) is 14.4. The van der Waals surface area contributed by atoms with E-state index in [1.54, 1.807) is 12.0 Å². The zero-order valence-electron chi connectivity index (χ0n) is 11.9. The molecule has 0 heterocycles. The van der Waals surface area contributed by atoms with Crippen LogP contribution in [0.25, 0.3) is 0 Å². The number of hydrogen-bond acceptors (Lipinski definition) is 3. The number of benzene rings is 1. The molecule has 0 fully saturated rings. The highest BCUT2D eigenvalue weighted by Crippen LogP contribution is 2.25. The molecule has 0 aliphatic carbocycles. The molecule has 0 bridgehead atoms. The highest BCUT2D eigenvalue weighted by atomic mass is 79.9. The third kappa shape index (κ3) is 5.20. The molecular formula is C14H21BrN2O2. The lowest BCUT2D eigenvalue weighted by atomic mass is 10.2. The standard InChI is InChI=1S/C14H21BrN2O2/c1-10(2)16-8-14(18)17(3)9-11-5-6-13(19-4)12(15)7-11/h5-7,10,16H,8-9H2,1-4H3. The Hall–Kier alpha value is -1.07. The van der Waals surface area contributed by atoms with Crippen LogP contribution in [-0.4, -0.2) is 37.6 Å². The van der Waals surface area contributed by atoms with Gasteiger partial charge in [-0.1, -0.05) is 19.9 Å². The molecule has 19 heavy (non-hydrogen) atoms. The van der Waals surface area contributed by atoms with E-state index < -0.39 is 0 Å². The summed E-state index contributed by atoms with van der Waals surface area (Å²) in [5, 5.41) is 3.12. The maximum absolute atomic E-state index is 11.9. The summed E-state index contributed by atoms with van der Waals surface area (Å²) in [6, 6.07) is 6.14. The highest BCUT2D eigenvalue weighted by molar-refractivity contribution is 9.10. The summed E-state index contributed by atoms with van der Waals surface area (Å²) >= 11 is 3.44. The Morgan fingerprint density at radius 3 is 2.68 bits per heavy atom. The minimum absolute atomic E-state index is 0.0839. The van der Waals surface area contributed by atoms with Gasteiger partial charge in [-0.2, -0.15) is 0 Å². The van der Waals surface area contributed by atoms with E-state index in [2.05, 4.69) is 21.2 Å². The molecule has 0 aliphatic rings. The molecule has 0 spiro atoms. The number of carbonyl (C=O) groups excluding carboxylic acids is 1. The van der Waals surface area contributed by atoms with Crippen LogP contribution in [-0.2, 0) is 11.3 Å². The maximum atomic E-state index is 11.9. The molecule has 5 heteroatoms. The number of halogens is 1. The van der Waals surface area contributed by atoms with E-state index in [-0.39, 0.29) is 5.91 Å². The quantitative estimate of drug-likeness (QED) is 0.871. The summed E-state index contributed by atoms with van der Waals surface area (Å²) in [4.78, 5) is 13.6. The van der Waals surface area contributed by atoms with Gasteiger partial charge in [-0.15, -0.1) is 0 Å². The smallest absolute Gasteiger partial charge is 0.236 e. The summed E-state index contributed by atoms with van der Waals surface area (Å²) in [5.74, 6) is 0.875. The largest absolute Gasteiger partial charge is 0.496 e. The molecule has 0 radical (unpaired) electrons. The number of hydrogen-bond donors (Lipinski definition) is 1. The second-order valence-corrected chi connectivity index (χ2v) is 5.61. The lowest BCUT2D eigenvalue weighted by Crippen LogP contribution is -2.37. The summed E-state index contributed by atoms with van der Waals surface area (Å²) in [6.45, 7) is 4.99. The number of carbonyl (C=O) groups is 1. The first-order valence-electron chi connectivity index (χ1n) is 6.23. The van der Waals surface area contributed by atoms with Crippen LogP contribution in [0.3, 0.4) is 0 Å². The number of amides is 1. The second kappa shape index (κ2) is 7.50. The normalized spacial score (nSPS) is 10.6. The number of nitrogens with one attached hydrogen (secondary N) is 1. The molecule has 106 valence electrons. The first-order valence-corrected chi connectivity index (χ1v) is 7.03. The first-order chi connectivity index (χ1) is 8.93. The molecule has 1 aromatic carbocycles. The van der Waals surface area contributed by atoms with Crippen molar-refractivity contribution in [2.75, 3.05) is 20.7 Å². The van der Waals surface area contributed by atoms with Gasteiger partial charge in [-0.3, -0.25) is 4.79 Å². The molecule has 1 aromatic rings. The van der Waals surface area contributed by atoms with E-state index in [1.807, 2.05) is 39.1 Å². The van der Waals surface area contributed by atoms with E-state index >= 15 is 0 Å². The van der Waals surface area contributed by atoms with Crippen LogP contribution in [0.1, 0.15) is 19.4 Å². The van der Waals surface area contributed by atoms with Crippen molar-refractivity contribution in [1.29, 1.82) is 0 Å². The molecule has 1 N–H and O–H groups in total. The Bertz CT molecular complexity index is 435. The van der Waals surface area contributed by atoms with Gasteiger partial charge < -0.3 is 15.0 Å². The van der Waals surface area contributed by atoms with Gasteiger partial charge in [0, 0.05) is 19.6 Å². The molecule has 1 rings (SSSR count). The second-order valence-electron chi connectivity index (χ2n) is 4.75.